The number of carbonyl (C=O) groups excluding carboxylic acids is 1. The van der Waals surface area contributed by atoms with Gasteiger partial charge in [0.2, 0.25) is 0 Å². The first-order valence-electron chi connectivity index (χ1n) is 4.88. The average molecular weight is 229 g/mol. The van der Waals surface area contributed by atoms with Crippen molar-refractivity contribution in [2.45, 2.75) is 6.42 Å². The van der Waals surface area contributed by atoms with E-state index in [1.165, 1.54) is 0 Å². The van der Waals surface area contributed by atoms with Gasteiger partial charge in [-0.25, -0.2) is 5.84 Å². The lowest BCUT2D eigenvalue weighted by atomic mass is 10.1. The molecule has 0 saturated carbocycles. The highest BCUT2D eigenvalue weighted by atomic mass is 16.2. The fourth-order valence-corrected chi connectivity index (χ4v) is 1.10. The molecule has 0 fully saturated rings. The number of nitrogens with two attached hydrogens (primary N) is 1. The highest BCUT2D eigenvalue weighted by molar-refractivity contribution is 5.93. The summed E-state index contributed by atoms with van der Waals surface area (Å²) in [6.45, 7) is 0.358. The second kappa shape index (κ2) is 6.90. The monoisotopic (exact) mass is 229 g/mol. The normalized spacial score (nSPS) is 8.53. The van der Waals surface area contributed by atoms with Gasteiger partial charge in [0, 0.05) is 29.0 Å². The Hall–Kier alpha value is -2.48. The maximum Gasteiger partial charge on any atom is 0.265 e. The number of hydrazine groups is 1. The van der Waals surface area contributed by atoms with Gasteiger partial charge < -0.3 is 0 Å². The predicted octanol–water partition coefficient (Wildman–Crippen LogP) is 1.34. The van der Waals surface area contributed by atoms with Gasteiger partial charge in [-0.2, -0.15) is 0 Å². The van der Waals surface area contributed by atoms with Crippen LogP contribution < -0.4 is 11.3 Å². The molecule has 0 aromatic heterocycles. The van der Waals surface area contributed by atoms with E-state index in [2.05, 4.69) is 21.9 Å². The third-order valence-electron chi connectivity index (χ3n) is 1.91. The van der Waals surface area contributed by atoms with E-state index in [-0.39, 0.29) is 5.91 Å². The van der Waals surface area contributed by atoms with Gasteiger partial charge in [0.25, 0.3) is 5.91 Å². The molecule has 6 nitrogen and oxygen atoms in total. The van der Waals surface area contributed by atoms with Gasteiger partial charge in [-0.05, 0) is 29.8 Å². The van der Waals surface area contributed by atoms with E-state index in [1.54, 1.807) is 24.3 Å². The number of nitrogens with zero attached hydrogens (tertiary/aromatic N) is 3. The number of nitrogens with one attached hydrogen (secondary N) is 1. The molecule has 6 heteroatoms. The van der Waals surface area contributed by atoms with E-state index in [4.69, 9.17) is 11.4 Å². The highest BCUT2D eigenvalue weighted by Crippen LogP contribution is 2.02. The number of amides is 1. The summed E-state index contributed by atoms with van der Waals surface area (Å²) in [6, 6.07) is 6.73. The molecule has 1 rings (SSSR count). The number of benzene rings is 1. The second-order valence-corrected chi connectivity index (χ2v) is 3.06. The van der Waals surface area contributed by atoms with Crippen LogP contribution in [0.4, 0.5) is 0 Å². The molecule has 0 aliphatic rings. The second-order valence-electron chi connectivity index (χ2n) is 3.06. The molecule has 0 unspecified atom stereocenters. The number of carbonyl (C=O) groups is 1. The van der Waals surface area contributed by atoms with E-state index in [1.807, 2.05) is 5.43 Å². The Labute approximate surface area is 98.4 Å². The fraction of sp³-hybridized carbons (Fsp3) is 0.182. The smallest absolute Gasteiger partial charge is 0.265 e. The first-order chi connectivity index (χ1) is 8.27. The van der Waals surface area contributed by atoms with Crippen molar-refractivity contribution in [2.75, 3.05) is 6.54 Å². The van der Waals surface area contributed by atoms with Crippen LogP contribution in [0, 0.1) is 11.8 Å². The zero-order valence-corrected chi connectivity index (χ0v) is 9.05. The lowest BCUT2D eigenvalue weighted by molar-refractivity contribution is 0.0953. The Morgan fingerprint density at radius 1 is 1.47 bits per heavy atom. The predicted molar refractivity (Wildman–Crippen MR) is 63.6 cm³/mol. The summed E-state index contributed by atoms with van der Waals surface area (Å²) in [4.78, 5) is 13.8. The molecular weight excluding hydrogens is 218 g/mol. The number of nitrogen functional groups attached to an aromatic ring is 1. The standard InChI is InChI=1S/C11H11N5O/c12-15-11(17)10-6-4-9(5-7-10)3-1-2-8-14-16-13/h4-7H,2,8,12H2,(H,15,17). The van der Waals surface area contributed by atoms with Crippen LogP contribution in [0.15, 0.2) is 29.4 Å². The van der Waals surface area contributed by atoms with Crippen molar-refractivity contribution in [3.63, 3.8) is 0 Å². The van der Waals surface area contributed by atoms with E-state index < -0.39 is 0 Å². The van der Waals surface area contributed by atoms with Crippen LogP contribution in [0.3, 0.4) is 0 Å². The zero-order valence-electron chi connectivity index (χ0n) is 9.05. The molecule has 3 N–H and O–H groups in total. The molecule has 0 saturated heterocycles. The molecule has 0 atom stereocenters. The van der Waals surface area contributed by atoms with Crippen LogP contribution in [-0.2, 0) is 0 Å². The molecule has 0 aliphatic carbocycles. The van der Waals surface area contributed by atoms with Gasteiger partial charge >= 0.3 is 0 Å². The number of hydrogen-bond acceptors (Lipinski definition) is 3. The van der Waals surface area contributed by atoms with Crippen molar-refractivity contribution < 1.29 is 4.79 Å². The molecule has 0 bridgehead atoms. The summed E-state index contributed by atoms with van der Waals surface area (Å²) >= 11 is 0. The molecule has 0 spiro atoms. The summed E-state index contributed by atoms with van der Waals surface area (Å²) < 4.78 is 0. The van der Waals surface area contributed by atoms with Crippen LogP contribution in [0.25, 0.3) is 10.4 Å². The Morgan fingerprint density at radius 2 is 2.18 bits per heavy atom. The Morgan fingerprint density at radius 3 is 2.76 bits per heavy atom. The molecule has 0 aliphatic heterocycles. The first-order valence-corrected chi connectivity index (χ1v) is 4.88. The van der Waals surface area contributed by atoms with Crippen LogP contribution in [0.5, 0.6) is 0 Å². The molecule has 1 amide bonds. The Bertz CT molecular complexity index is 491. The van der Waals surface area contributed by atoms with Crippen LogP contribution >= 0.6 is 0 Å². The Balaban J connectivity index is 2.61. The van der Waals surface area contributed by atoms with Crippen molar-refractivity contribution in [3.05, 3.63) is 45.8 Å². The molecular formula is C11H11N5O. The SMILES string of the molecule is [N-]=[N+]=NCCC#Cc1ccc(C(=O)NN)cc1. The fourth-order valence-electron chi connectivity index (χ4n) is 1.10. The number of azide groups is 1. The van der Waals surface area contributed by atoms with Gasteiger partial charge in [-0.1, -0.05) is 17.0 Å². The minimum Gasteiger partial charge on any atom is -0.290 e. The van der Waals surface area contributed by atoms with Crippen molar-refractivity contribution in [2.24, 2.45) is 11.0 Å². The largest absolute Gasteiger partial charge is 0.290 e. The van der Waals surface area contributed by atoms with Crippen LogP contribution in [-0.4, -0.2) is 12.5 Å². The summed E-state index contributed by atoms with van der Waals surface area (Å²) in [5.74, 6) is 10.4. The maximum absolute atomic E-state index is 11.1. The lowest BCUT2D eigenvalue weighted by Crippen LogP contribution is -2.29. The third-order valence-corrected chi connectivity index (χ3v) is 1.91. The molecule has 1 aromatic rings. The summed E-state index contributed by atoms with van der Waals surface area (Å²) in [5, 5.41) is 3.36. The molecule has 86 valence electrons. The quantitative estimate of drug-likeness (QED) is 0.119. The molecule has 0 radical (unpaired) electrons. The van der Waals surface area contributed by atoms with Gasteiger partial charge in [0.05, 0.1) is 0 Å². The van der Waals surface area contributed by atoms with Gasteiger partial charge in [-0.3, -0.25) is 10.2 Å². The topological polar surface area (TPSA) is 104 Å². The van der Waals surface area contributed by atoms with Crippen molar-refractivity contribution >= 4 is 5.91 Å². The van der Waals surface area contributed by atoms with Crippen molar-refractivity contribution in [3.8, 4) is 11.8 Å². The number of hydrogen-bond donors (Lipinski definition) is 2. The zero-order chi connectivity index (χ0) is 12.5. The summed E-state index contributed by atoms with van der Waals surface area (Å²) in [7, 11) is 0. The highest BCUT2D eigenvalue weighted by Gasteiger charge is 2.00. The number of rotatable bonds is 3. The third kappa shape index (κ3) is 4.26. The minimum atomic E-state index is -0.340. The molecule has 0 heterocycles. The Kier molecular flexibility index (Phi) is 5.11. The van der Waals surface area contributed by atoms with Crippen LogP contribution in [0.2, 0.25) is 0 Å². The van der Waals surface area contributed by atoms with Crippen molar-refractivity contribution in [1.29, 1.82) is 0 Å². The van der Waals surface area contributed by atoms with Crippen LogP contribution in [0.1, 0.15) is 22.3 Å². The van der Waals surface area contributed by atoms with E-state index >= 15 is 0 Å². The molecule has 17 heavy (non-hydrogen) atoms. The van der Waals surface area contributed by atoms with Gasteiger partial charge in [0.1, 0.15) is 0 Å². The minimum absolute atomic E-state index is 0.340. The summed E-state index contributed by atoms with van der Waals surface area (Å²) in [5.41, 5.74) is 11.4. The summed E-state index contributed by atoms with van der Waals surface area (Å²) in [6.07, 6.45) is 0.509. The van der Waals surface area contributed by atoms with E-state index in [0.29, 0.717) is 18.5 Å². The van der Waals surface area contributed by atoms with Crippen molar-refractivity contribution in [1.82, 2.24) is 5.43 Å². The van der Waals surface area contributed by atoms with Gasteiger partial charge in [-0.15, -0.1) is 0 Å². The molecule has 1 aromatic carbocycles. The van der Waals surface area contributed by atoms with E-state index in [9.17, 15) is 4.79 Å². The first kappa shape index (κ1) is 12.6. The lowest BCUT2D eigenvalue weighted by Gasteiger charge is -1.98. The maximum atomic E-state index is 11.1. The van der Waals surface area contributed by atoms with E-state index in [0.717, 1.165) is 5.56 Å². The van der Waals surface area contributed by atoms with Gasteiger partial charge in [0.15, 0.2) is 0 Å². The average Bonchev–Trinajstić information content (AvgIpc) is 2.38.